The lowest BCUT2D eigenvalue weighted by Crippen LogP contribution is -2.27. The standard InChI is InChI=1S/C13H13NO4S/c1-14-11(15)7-10(12(14)16)19-13(17)18-8-9-5-3-2-4-6-9/h2-6,10H,7-8H2,1H3. The predicted octanol–water partition coefficient (Wildman–Crippen LogP) is 1.81. The number of likely N-dealkylation sites (tertiary alicyclic amines) is 1. The second-order valence-electron chi connectivity index (χ2n) is 4.13. The molecule has 0 aromatic heterocycles. The lowest BCUT2D eigenvalue weighted by molar-refractivity contribution is -0.136. The number of amides is 2. The van der Waals surface area contributed by atoms with Crippen molar-refractivity contribution in [1.29, 1.82) is 0 Å². The van der Waals surface area contributed by atoms with Crippen LogP contribution in [0.4, 0.5) is 4.79 Å². The molecule has 0 aliphatic carbocycles. The molecule has 0 spiro atoms. The molecule has 1 aromatic rings. The molecule has 1 atom stereocenters. The summed E-state index contributed by atoms with van der Waals surface area (Å²) in [7, 11) is 1.42. The van der Waals surface area contributed by atoms with Gasteiger partial charge in [0.25, 0.3) is 0 Å². The van der Waals surface area contributed by atoms with E-state index in [9.17, 15) is 14.4 Å². The van der Waals surface area contributed by atoms with Gasteiger partial charge >= 0.3 is 5.30 Å². The van der Waals surface area contributed by atoms with Crippen molar-refractivity contribution in [1.82, 2.24) is 4.90 Å². The number of hydrogen-bond donors (Lipinski definition) is 0. The van der Waals surface area contributed by atoms with E-state index in [-0.39, 0.29) is 24.8 Å². The molecule has 5 nitrogen and oxygen atoms in total. The number of rotatable bonds is 3. The van der Waals surface area contributed by atoms with Crippen LogP contribution >= 0.6 is 11.8 Å². The average molecular weight is 279 g/mol. The maximum absolute atomic E-state index is 11.6. The molecule has 1 saturated heterocycles. The lowest BCUT2D eigenvalue weighted by atomic mass is 10.2. The van der Waals surface area contributed by atoms with Crippen LogP contribution in [-0.2, 0) is 20.9 Å². The Morgan fingerprint density at radius 2 is 2.05 bits per heavy atom. The van der Waals surface area contributed by atoms with Gasteiger partial charge in [0.2, 0.25) is 11.8 Å². The summed E-state index contributed by atoms with van der Waals surface area (Å²) in [5.74, 6) is -0.606. The molecule has 6 heteroatoms. The van der Waals surface area contributed by atoms with Crippen molar-refractivity contribution >= 4 is 28.9 Å². The molecule has 2 rings (SSSR count). The van der Waals surface area contributed by atoms with Crippen molar-refractivity contribution in [2.75, 3.05) is 7.05 Å². The van der Waals surface area contributed by atoms with Crippen molar-refractivity contribution in [2.24, 2.45) is 0 Å². The van der Waals surface area contributed by atoms with Crippen LogP contribution < -0.4 is 0 Å². The Morgan fingerprint density at radius 1 is 1.37 bits per heavy atom. The van der Waals surface area contributed by atoms with E-state index in [0.717, 1.165) is 22.2 Å². The third-order valence-electron chi connectivity index (χ3n) is 2.78. The molecular weight excluding hydrogens is 266 g/mol. The van der Waals surface area contributed by atoms with E-state index in [1.54, 1.807) is 0 Å². The highest BCUT2D eigenvalue weighted by molar-refractivity contribution is 8.14. The quantitative estimate of drug-likeness (QED) is 0.623. The largest absolute Gasteiger partial charge is 0.453 e. The van der Waals surface area contributed by atoms with Gasteiger partial charge in [0.05, 0.1) is 0 Å². The minimum atomic E-state index is -0.652. The number of ether oxygens (including phenoxy) is 1. The number of nitrogens with zero attached hydrogens (tertiary/aromatic N) is 1. The van der Waals surface area contributed by atoms with Gasteiger partial charge in [0.1, 0.15) is 11.9 Å². The van der Waals surface area contributed by atoms with Gasteiger partial charge in [-0.25, -0.2) is 4.79 Å². The topological polar surface area (TPSA) is 63.7 Å². The molecular formula is C13H13NO4S. The Hall–Kier alpha value is -1.82. The van der Waals surface area contributed by atoms with E-state index in [0.29, 0.717) is 0 Å². The summed E-state index contributed by atoms with van der Waals surface area (Å²) in [4.78, 5) is 35.5. The third-order valence-corrected chi connectivity index (χ3v) is 3.74. The molecule has 0 saturated carbocycles. The van der Waals surface area contributed by atoms with Crippen molar-refractivity contribution in [2.45, 2.75) is 18.3 Å². The molecule has 1 fully saturated rings. The zero-order chi connectivity index (χ0) is 13.8. The first-order valence-electron chi connectivity index (χ1n) is 5.75. The van der Waals surface area contributed by atoms with Crippen LogP contribution in [0.15, 0.2) is 30.3 Å². The fourth-order valence-corrected chi connectivity index (χ4v) is 2.52. The van der Waals surface area contributed by atoms with Gasteiger partial charge in [0, 0.05) is 13.5 Å². The predicted molar refractivity (Wildman–Crippen MR) is 70.4 cm³/mol. The molecule has 1 unspecified atom stereocenters. The number of benzene rings is 1. The number of carbonyl (C=O) groups excluding carboxylic acids is 3. The summed E-state index contributed by atoms with van der Waals surface area (Å²) < 4.78 is 5.05. The number of imide groups is 1. The third kappa shape index (κ3) is 3.35. The van der Waals surface area contributed by atoms with E-state index in [1.807, 2.05) is 30.3 Å². The highest BCUT2D eigenvalue weighted by atomic mass is 32.2. The van der Waals surface area contributed by atoms with Gasteiger partial charge in [-0.2, -0.15) is 0 Å². The summed E-state index contributed by atoms with van der Waals surface area (Å²) >= 11 is 0.769. The van der Waals surface area contributed by atoms with Crippen molar-refractivity contribution < 1.29 is 19.1 Å². The summed E-state index contributed by atoms with van der Waals surface area (Å²) in [5, 5.41) is -1.19. The average Bonchev–Trinajstić information content (AvgIpc) is 2.65. The second kappa shape index (κ2) is 5.88. The Bertz CT molecular complexity index is 503. The van der Waals surface area contributed by atoms with E-state index >= 15 is 0 Å². The maximum atomic E-state index is 11.6. The van der Waals surface area contributed by atoms with Crippen molar-refractivity contribution in [3.8, 4) is 0 Å². The van der Waals surface area contributed by atoms with E-state index < -0.39 is 10.6 Å². The molecule has 100 valence electrons. The smallest absolute Gasteiger partial charge is 0.368 e. The molecule has 1 aliphatic heterocycles. The van der Waals surface area contributed by atoms with Gasteiger partial charge < -0.3 is 4.74 Å². The Labute approximate surface area is 114 Å². The second-order valence-corrected chi connectivity index (χ2v) is 5.26. The van der Waals surface area contributed by atoms with Gasteiger partial charge in [-0.15, -0.1) is 0 Å². The van der Waals surface area contributed by atoms with Crippen LogP contribution in [0.3, 0.4) is 0 Å². The van der Waals surface area contributed by atoms with Gasteiger partial charge in [-0.05, 0) is 17.3 Å². The number of hydrogen-bond acceptors (Lipinski definition) is 5. The van der Waals surface area contributed by atoms with E-state index in [4.69, 9.17) is 4.74 Å². The van der Waals surface area contributed by atoms with Gasteiger partial charge in [-0.1, -0.05) is 30.3 Å². The molecule has 1 heterocycles. The molecule has 19 heavy (non-hydrogen) atoms. The monoisotopic (exact) mass is 279 g/mol. The Kier molecular flexibility index (Phi) is 4.21. The first-order valence-corrected chi connectivity index (χ1v) is 6.63. The summed E-state index contributed by atoms with van der Waals surface area (Å²) in [5.41, 5.74) is 0.877. The Balaban J connectivity index is 1.82. The fourth-order valence-electron chi connectivity index (χ4n) is 1.68. The van der Waals surface area contributed by atoms with Crippen LogP contribution in [0, 0.1) is 0 Å². The zero-order valence-corrected chi connectivity index (χ0v) is 11.2. The van der Waals surface area contributed by atoms with Crippen LogP contribution in [0.2, 0.25) is 0 Å². The summed E-state index contributed by atoms with van der Waals surface area (Å²) in [6.07, 6.45) is 0.0560. The minimum Gasteiger partial charge on any atom is -0.453 e. The highest BCUT2D eigenvalue weighted by Gasteiger charge is 2.38. The van der Waals surface area contributed by atoms with Gasteiger partial charge in [0.15, 0.2) is 0 Å². The van der Waals surface area contributed by atoms with Crippen LogP contribution in [0.5, 0.6) is 0 Å². The minimum absolute atomic E-state index is 0.0560. The van der Waals surface area contributed by atoms with Crippen molar-refractivity contribution in [3.63, 3.8) is 0 Å². The van der Waals surface area contributed by atoms with E-state index in [1.165, 1.54) is 7.05 Å². The highest BCUT2D eigenvalue weighted by Crippen LogP contribution is 2.25. The maximum Gasteiger partial charge on any atom is 0.368 e. The molecule has 2 amide bonds. The van der Waals surface area contributed by atoms with E-state index in [2.05, 4.69) is 0 Å². The summed E-state index contributed by atoms with van der Waals surface area (Å²) in [6, 6.07) is 9.26. The zero-order valence-electron chi connectivity index (χ0n) is 10.4. The first-order chi connectivity index (χ1) is 9.08. The SMILES string of the molecule is CN1C(=O)CC(SC(=O)OCc2ccccc2)C1=O. The normalized spacial score (nSPS) is 18.8. The molecule has 1 aliphatic rings. The van der Waals surface area contributed by atoms with Crippen LogP contribution in [0.1, 0.15) is 12.0 Å². The lowest BCUT2D eigenvalue weighted by Gasteiger charge is -2.08. The van der Waals surface area contributed by atoms with Crippen molar-refractivity contribution in [3.05, 3.63) is 35.9 Å². The number of thioether (sulfide) groups is 1. The summed E-state index contributed by atoms with van der Waals surface area (Å²) in [6.45, 7) is 0.164. The molecule has 0 radical (unpaired) electrons. The molecule has 0 bridgehead atoms. The number of carbonyl (C=O) groups is 3. The van der Waals surface area contributed by atoms with Crippen LogP contribution in [-0.4, -0.2) is 34.3 Å². The first kappa shape index (κ1) is 13.6. The fraction of sp³-hybridized carbons (Fsp3) is 0.308. The van der Waals surface area contributed by atoms with Crippen LogP contribution in [0.25, 0.3) is 0 Å². The van der Waals surface area contributed by atoms with Gasteiger partial charge in [-0.3, -0.25) is 14.5 Å². The Morgan fingerprint density at radius 3 is 2.63 bits per heavy atom. The molecule has 0 N–H and O–H groups in total. The molecule has 1 aromatic carbocycles.